The van der Waals surface area contributed by atoms with Crippen molar-refractivity contribution in [1.29, 1.82) is 0 Å². The number of halogens is 3. The highest BCUT2D eigenvalue weighted by molar-refractivity contribution is 5.42. The molecule has 2 heterocycles. The molecule has 3 rings (SSSR count). The predicted octanol–water partition coefficient (Wildman–Crippen LogP) is 2.15. The fraction of sp³-hybridized carbons (Fsp3) is 0.167. The van der Waals surface area contributed by atoms with E-state index in [1.165, 1.54) is 16.8 Å². The average molecular weight is 294 g/mol. The maximum Gasteiger partial charge on any atom is 0.416 e. The number of tetrazole rings is 1. The van der Waals surface area contributed by atoms with Gasteiger partial charge < -0.3 is 5.32 Å². The van der Waals surface area contributed by atoms with Gasteiger partial charge >= 0.3 is 6.18 Å². The van der Waals surface area contributed by atoms with Crippen LogP contribution in [-0.2, 0) is 12.7 Å². The van der Waals surface area contributed by atoms with Gasteiger partial charge in [0.05, 0.1) is 5.56 Å². The zero-order valence-electron chi connectivity index (χ0n) is 10.5. The van der Waals surface area contributed by atoms with Crippen molar-refractivity contribution in [2.75, 3.05) is 5.32 Å². The van der Waals surface area contributed by atoms with Crippen LogP contribution in [0, 0.1) is 0 Å². The number of alkyl halides is 3. The van der Waals surface area contributed by atoms with Crippen LogP contribution in [0.3, 0.4) is 0 Å². The van der Waals surface area contributed by atoms with Gasteiger partial charge in [-0.15, -0.1) is 14.8 Å². The molecule has 9 heteroatoms. The molecule has 1 aromatic carbocycles. The second-order valence-electron chi connectivity index (χ2n) is 4.29. The van der Waals surface area contributed by atoms with Crippen molar-refractivity contribution in [3.8, 4) is 0 Å². The molecular weight excluding hydrogens is 285 g/mol. The lowest BCUT2D eigenvalue weighted by atomic mass is 10.1. The lowest BCUT2D eigenvalue weighted by Gasteiger charge is -2.08. The van der Waals surface area contributed by atoms with Crippen molar-refractivity contribution < 1.29 is 13.2 Å². The summed E-state index contributed by atoms with van der Waals surface area (Å²) in [6.45, 7) is 0.346. The highest BCUT2D eigenvalue weighted by atomic mass is 19.4. The summed E-state index contributed by atoms with van der Waals surface area (Å²) in [6.07, 6.45) is -4.32. The van der Waals surface area contributed by atoms with Crippen molar-refractivity contribution >= 4 is 11.5 Å². The first kappa shape index (κ1) is 13.3. The van der Waals surface area contributed by atoms with Gasteiger partial charge in [-0.05, 0) is 40.3 Å². The number of nitrogens with one attached hydrogen (secondary N) is 1. The fourth-order valence-electron chi connectivity index (χ4n) is 1.75. The van der Waals surface area contributed by atoms with E-state index in [9.17, 15) is 13.2 Å². The van der Waals surface area contributed by atoms with E-state index in [0.717, 1.165) is 12.1 Å². The van der Waals surface area contributed by atoms with E-state index in [2.05, 4.69) is 25.9 Å². The number of rotatable bonds is 3. The summed E-state index contributed by atoms with van der Waals surface area (Å²) >= 11 is 0. The highest BCUT2D eigenvalue weighted by Gasteiger charge is 2.29. The number of aromatic nitrogens is 5. The molecule has 0 aliphatic heterocycles. The third-order valence-electron chi connectivity index (χ3n) is 2.82. The molecule has 0 saturated heterocycles. The Morgan fingerprint density at radius 1 is 1.05 bits per heavy atom. The first-order valence-electron chi connectivity index (χ1n) is 5.98. The van der Waals surface area contributed by atoms with E-state index in [1.54, 1.807) is 12.1 Å². The van der Waals surface area contributed by atoms with E-state index < -0.39 is 11.7 Å². The fourth-order valence-corrected chi connectivity index (χ4v) is 1.75. The summed E-state index contributed by atoms with van der Waals surface area (Å²) in [5.41, 5.74) is 0.552. The first-order valence-corrected chi connectivity index (χ1v) is 5.98. The van der Waals surface area contributed by atoms with Crippen molar-refractivity contribution in [3.05, 3.63) is 47.5 Å². The summed E-state index contributed by atoms with van der Waals surface area (Å²) in [6, 6.07) is 8.32. The number of anilines is 1. The molecule has 0 radical (unpaired) electrons. The summed E-state index contributed by atoms with van der Waals surface area (Å²) in [7, 11) is 0. The molecule has 108 valence electrons. The number of nitrogens with zero attached hydrogens (tertiary/aromatic N) is 5. The lowest BCUT2D eigenvalue weighted by Crippen LogP contribution is -2.07. The Morgan fingerprint density at radius 2 is 1.81 bits per heavy atom. The van der Waals surface area contributed by atoms with E-state index >= 15 is 0 Å². The van der Waals surface area contributed by atoms with Gasteiger partial charge in [0.15, 0.2) is 5.65 Å². The number of hydrogen-bond acceptors (Lipinski definition) is 5. The summed E-state index contributed by atoms with van der Waals surface area (Å²) in [4.78, 5) is 0. The van der Waals surface area contributed by atoms with Gasteiger partial charge in [0.25, 0.3) is 0 Å². The van der Waals surface area contributed by atoms with Crippen LogP contribution in [0.1, 0.15) is 11.1 Å². The zero-order chi connectivity index (χ0) is 14.9. The molecule has 0 unspecified atom stereocenters. The van der Waals surface area contributed by atoms with Gasteiger partial charge in [-0.2, -0.15) is 13.2 Å². The lowest BCUT2D eigenvalue weighted by molar-refractivity contribution is -0.137. The smallest absolute Gasteiger partial charge is 0.365 e. The van der Waals surface area contributed by atoms with Gasteiger partial charge in [0, 0.05) is 6.54 Å². The molecule has 0 aliphatic rings. The van der Waals surface area contributed by atoms with E-state index in [1.807, 2.05) is 0 Å². The third-order valence-corrected chi connectivity index (χ3v) is 2.82. The second-order valence-corrected chi connectivity index (χ2v) is 4.29. The molecule has 2 aromatic heterocycles. The first-order chi connectivity index (χ1) is 10.0. The summed E-state index contributed by atoms with van der Waals surface area (Å²) in [5, 5.41) is 17.9. The largest absolute Gasteiger partial charge is 0.416 e. The second kappa shape index (κ2) is 5.00. The van der Waals surface area contributed by atoms with Crippen LogP contribution in [-0.4, -0.2) is 25.3 Å². The molecule has 0 atom stereocenters. The number of fused-ring (bicyclic) bond motifs is 1. The van der Waals surface area contributed by atoms with Crippen molar-refractivity contribution in [2.24, 2.45) is 0 Å². The maximum absolute atomic E-state index is 12.4. The molecule has 0 fully saturated rings. The normalized spacial score (nSPS) is 11.8. The summed E-state index contributed by atoms with van der Waals surface area (Å²) in [5.74, 6) is 0.523. The highest BCUT2D eigenvalue weighted by Crippen LogP contribution is 2.29. The van der Waals surface area contributed by atoms with Gasteiger partial charge in [0.2, 0.25) is 0 Å². The Labute approximate surface area is 116 Å². The minimum absolute atomic E-state index is 0.346. The monoisotopic (exact) mass is 294 g/mol. The van der Waals surface area contributed by atoms with E-state index in [0.29, 0.717) is 23.6 Å². The third kappa shape index (κ3) is 2.91. The molecule has 0 saturated carbocycles. The van der Waals surface area contributed by atoms with Crippen LogP contribution in [0.5, 0.6) is 0 Å². The average Bonchev–Trinajstić information content (AvgIpc) is 2.92. The van der Waals surface area contributed by atoms with Crippen LogP contribution in [0.25, 0.3) is 5.65 Å². The Bertz CT molecular complexity index is 750. The molecule has 0 spiro atoms. The van der Waals surface area contributed by atoms with Crippen LogP contribution in [0.2, 0.25) is 0 Å². The van der Waals surface area contributed by atoms with Crippen LogP contribution < -0.4 is 5.32 Å². The van der Waals surface area contributed by atoms with E-state index in [4.69, 9.17) is 0 Å². The quantitative estimate of drug-likeness (QED) is 0.801. The molecule has 21 heavy (non-hydrogen) atoms. The molecule has 3 aromatic rings. The molecule has 1 N–H and O–H groups in total. The Morgan fingerprint density at radius 3 is 2.52 bits per heavy atom. The van der Waals surface area contributed by atoms with Gasteiger partial charge in [0.1, 0.15) is 5.82 Å². The minimum Gasteiger partial charge on any atom is -0.365 e. The van der Waals surface area contributed by atoms with Crippen molar-refractivity contribution in [1.82, 2.24) is 25.3 Å². The maximum atomic E-state index is 12.4. The molecule has 0 bridgehead atoms. The minimum atomic E-state index is -4.32. The predicted molar refractivity (Wildman–Crippen MR) is 67.3 cm³/mol. The van der Waals surface area contributed by atoms with Crippen LogP contribution in [0.15, 0.2) is 36.4 Å². The van der Waals surface area contributed by atoms with Gasteiger partial charge in [-0.3, -0.25) is 0 Å². The van der Waals surface area contributed by atoms with Gasteiger partial charge in [-0.25, -0.2) is 0 Å². The zero-order valence-corrected chi connectivity index (χ0v) is 10.5. The Balaban J connectivity index is 1.69. The molecule has 0 amide bonds. The van der Waals surface area contributed by atoms with Crippen molar-refractivity contribution in [3.63, 3.8) is 0 Å². The number of hydrogen-bond donors (Lipinski definition) is 1. The van der Waals surface area contributed by atoms with E-state index in [-0.39, 0.29) is 0 Å². The topological polar surface area (TPSA) is 68.0 Å². The molecule has 0 aliphatic carbocycles. The Kier molecular flexibility index (Phi) is 3.16. The van der Waals surface area contributed by atoms with Crippen LogP contribution >= 0.6 is 0 Å². The SMILES string of the molecule is FC(F)(F)c1ccc(CNc2ccc3nnnn3n2)cc1. The Hall–Kier alpha value is -2.71. The molecule has 6 nitrogen and oxygen atoms in total. The van der Waals surface area contributed by atoms with Crippen LogP contribution in [0.4, 0.5) is 19.0 Å². The molecular formula is C12H9F3N6. The van der Waals surface area contributed by atoms with Gasteiger partial charge in [-0.1, -0.05) is 12.1 Å². The number of benzene rings is 1. The van der Waals surface area contributed by atoms with Crippen molar-refractivity contribution in [2.45, 2.75) is 12.7 Å². The summed E-state index contributed by atoms with van der Waals surface area (Å²) < 4.78 is 38.6. The standard InChI is InChI=1S/C12H9F3N6/c13-12(14,15)9-3-1-8(2-4-9)7-16-10-5-6-11-17-19-20-21(11)18-10/h1-6H,7H2,(H,16,18).